The lowest BCUT2D eigenvalue weighted by Gasteiger charge is -2.21. The van der Waals surface area contributed by atoms with Gasteiger partial charge >= 0.3 is 6.18 Å². The van der Waals surface area contributed by atoms with Crippen molar-refractivity contribution in [1.29, 1.82) is 0 Å². The molecule has 3 aromatic carbocycles. The quantitative estimate of drug-likeness (QED) is 0.503. The van der Waals surface area contributed by atoms with Gasteiger partial charge < -0.3 is 10.0 Å². The number of para-hydroxylation sites is 1. The van der Waals surface area contributed by atoms with Crippen LogP contribution in [0.3, 0.4) is 0 Å². The third-order valence-corrected chi connectivity index (χ3v) is 5.50. The van der Waals surface area contributed by atoms with Crippen molar-refractivity contribution in [2.75, 3.05) is 4.90 Å². The zero-order chi connectivity index (χ0) is 22.2. The Labute approximate surface area is 185 Å². The molecule has 1 atom stereocenters. The van der Waals surface area contributed by atoms with Gasteiger partial charge in [0.15, 0.2) is 0 Å². The van der Waals surface area contributed by atoms with Gasteiger partial charge in [0.2, 0.25) is 5.60 Å². The lowest BCUT2D eigenvalue weighted by atomic mass is 9.94. The molecule has 7 heteroatoms. The van der Waals surface area contributed by atoms with Gasteiger partial charge in [-0.05, 0) is 41.8 Å². The Morgan fingerprint density at radius 1 is 0.968 bits per heavy atom. The smallest absolute Gasteiger partial charge is 0.366 e. The first kappa shape index (κ1) is 21.2. The molecule has 0 aliphatic carbocycles. The summed E-state index contributed by atoms with van der Waals surface area (Å²) in [5.41, 5.74) is -2.78. The van der Waals surface area contributed by atoms with Crippen LogP contribution in [0.15, 0.2) is 77.3 Å². The number of aliphatic hydroxyl groups is 1. The van der Waals surface area contributed by atoms with Crippen molar-refractivity contribution in [3.05, 3.63) is 99.5 Å². The average molecular weight is 486 g/mol. The Morgan fingerprint density at radius 2 is 1.65 bits per heavy atom. The van der Waals surface area contributed by atoms with Crippen LogP contribution in [0.2, 0.25) is 0 Å². The van der Waals surface area contributed by atoms with E-state index in [4.69, 9.17) is 0 Å². The van der Waals surface area contributed by atoms with E-state index in [0.29, 0.717) is 11.1 Å². The molecule has 4 rings (SSSR count). The fourth-order valence-corrected chi connectivity index (χ4v) is 3.76. The van der Waals surface area contributed by atoms with Crippen molar-refractivity contribution >= 4 is 27.5 Å². The van der Waals surface area contributed by atoms with Gasteiger partial charge in [-0.15, -0.1) is 0 Å². The molecular weight excluding hydrogens is 471 g/mol. The largest absolute Gasteiger partial charge is 0.418 e. The van der Waals surface area contributed by atoms with E-state index in [0.717, 1.165) is 15.4 Å². The van der Waals surface area contributed by atoms with Crippen LogP contribution in [0.5, 0.6) is 0 Å². The van der Waals surface area contributed by atoms with Crippen LogP contribution in [0.25, 0.3) is 0 Å². The number of carbonyl (C=O) groups is 1. The number of fused-ring (bicyclic) bond motifs is 1. The number of nitrogens with zero attached hydrogens (tertiary/aromatic N) is 1. The minimum absolute atomic E-state index is 0.137. The molecule has 0 unspecified atom stereocenters. The molecule has 1 aliphatic heterocycles. The fourth-order valence-electron chi connectivity index (χ4n) is 3.50. The van der Waals surface area contributed by atoms with Gasteiger partial charge in [-0.3, -0.25) is 4.79 Å². The van der Waals surface area contributed by atoms with Crippen LogP contribution in [0.4, 0.5) is 18.9 Å². The number of alkyl halides is 3. The summed E-state index contributed by atoms with van der Waals surface area (Å²) in [5, 5.41) is 11.2. The normalized spacial score (nSPS) is 17.8. The first-order chi connectivity index (χ1) is 14.7. The zero-order valence-electron chi connectivity index (χ0n) is 15.9. The fraction of sp³-hybridized carbons (Fsp3) is 0.125. The van der Waals surface area contributed by atoms with Crippen LogP contribution in [-0.2, 0) is 23.1 Å². The van der Waals surface area contributed by atoms with E-state index < -0.39 is 23.2 Å². The number of hydrogen-bond donors (Lipinski definition) is 1. The number of carbonyl (C=O) groups excluding carboxylic acids is 1. The molecule has 0 fully saturated rings. The Bertz CT molecular complexity index is 1200. The van der Waals surface area contributed by atoms with Crippen LogP contribution in [-0.4, -0.2) is 11.0 Å². The average Bonchev–Trinajstić information content (AvgIpc) is 2.96. The van der Waals surface area contributed by atoms with E-state index in [2.05, 4.69) is 27.8 Å². The van der Waals surface area contributed by atoms with Gasteiger partial charge in [-0.25, -0.2) is 0 Å². The Balaban J connectivity index is 1.86. The minimum Gasteiger partial charge on any atom is -0.366 e. The molecule has 0 radical (unpaired) electrons. The van der Waals surface area contributed by atoms with Crippen molar-refractivity contribution in [3.63, 3.8) is 0 Å². The molecule has 3 nitrogen and oxygen atoms in total. The predicted molar refractivity (Wildman–Crippen MR) is 114 cm³/mol. The van der Waals surface area contributed by atoms with Crippen LogP contribution in [0, 0.1) is 11.8 Å². The first-order valence-electron chi connectivity index (χ1n) is 9.28. The zero-order valence-corrected chi connectivity index (χ0v) is 17.5. The maximum absolute atomic E-state index is 13.8. The monoisotopic (exact) mass is 485 g/mol. The molecule has 1 N–H and O–H groups in total. The van der Waals surface area contributed by atoms with E-state index in [9.17, 15) is 23.1 Å². The second-order valence-electron chi connectivity index (χ2n) is 7.04. The Hall–Kier alpha value is -3.08. The molecule has 0 saturated heterocycles. The van der Waals surface area contributed by atoms with Crippen LogP contribution >= 0.6 is 15.9 Å². The van der Waals surface area contributed by atoms with Crippen LogP contribution < -0.4 is 4.90 Å². The molecule has 156 valence electrons. The van der Waals surface area contributed by atoms with E-state index in [1.54, 1.807) is 54.6 Å². The number of hydrogen-bond acceptors (Lipinski definition) is 2. The van der Waals surface area contributed by atoms with E-state index >= 15 is 0 Å². The molecule has 31 heavy (non-hydrogen) atoms. The Morgan fingerprint density at radius 3 is 2.29 bits per heavy atom. The SMILES string of the molecule is O=C1N(Cc2ccc(Br)cc2)c2c(C(F)(F)F)cccc2[C@@]1(O)C#Cc1ccccc1. The van der Waals surface area contributed by atoms with Gasteiger partial charge in [-0.1, -0.05) is 64.3 Å². The summed E-state index contributed by atoms with van der Waals surface area (Å²) in [6.45, 7) is -0.137. The second-order valence-corrected chi connectivity index (χ2v) is 7.96. The number of anilines is 1. The summed E-state index contributed by atoms with van der Waals surface area (Å²) in [6, 6.07) is 18.9. The van der Waals surface area contributed by atoms with E-state index in [1.807, 2.05) is 0 Å². The summed E-state index contributed by atoms with van der Waals surface area (Å²) in [4.78, 5) is 14.2. The molecule has 3 aromatic rings. The molecule has 0 spiro atoms. The van der Waals surface area contributed by atoms with E-state index in [-0.39, 0.29) is 17.8 Å². The van der Waals surface area contributed by atoms with Crippen molar-refractivity contribution in [1.82, 2.24) is 0 Å². The summed E-state index contributed by atoms with van der Waals surface area (Å²) < 4.78 is 42.1. The molecule has 0 saturated carbocycles. The van der Waals surface area contributed by atoms with E-state index in [1.165, 1.54) is 12.1 Å². The van der Waals surface area contributed by atoms with Crippen molar-refractivity contribution < 1.29 is 23.1 Å². The lowest BCUT2D eigenvalue weighted by molar-refractivity contribution is -0.137. The summed E-state index contributed by atoms with van der Waals surface area (Å²) >= 11 is 3.31. The predicted octanol–water partition coefficient (Wildman–Crippen LogP) is 5.25. The highest BCUT2D eigenvalue weighted by atomic mass is 79.9. The molecule has 1 heterocycles. The third-order valence-electron chi connectivity index (χ3n) is 4.97. The molecule has 1 aliphatic rings. The molecular formula is C24H15BrF3NO2. The Kier molecular flexibility index (Phi) is 5.38. The summed E-state index contributed by atoms with van der Waals surface area (Å²) in [5.74, 6) is 4.33. The topological polar surface area (TPSA) is 40.5 Å². The highest BCUT2D eigenvalue weighted by molar-refractivity contribution is 9.10. The van der Waals surface area contributed by atoms with Crippen molar-refractivity contribution in [3.8, 4) is 11.8 Å². The van der Waals surface area contributed by atoms with Crippen LogP contribution in [0.1, 0.15) is 22.3 Å². The minimum atomic E-state index is -4.71. The standard InChI is InChI=1S/C24H15BrF3NO2/c25-18-11-9-17(10-12-18)15-29-21-19(7-4-8-20(21)24(26,27)28)23(31,22(29)30)14-13-16-5-2-1-3-6-16/h1-12,31H,15H2/t23-/m0/s1. The van der Waals surface area contributed by atoms with Gasteiger partial charge in [-0.2, -0.15) is 13.2 Å². The lowest BCUT2D eigenvalue weighted by Crippen LogP contribution is -2.39. The van der Waals surface area contributed by atoms with Gasteiger partial charge in [0.25, 0.3) is 5.91 Å². The van der Waals surface area contributed by atoms with Gasteiger partial charge in [0, 0.05) is 15.6 Å². The molecule has 0 aromatic heterocycles. The summed E-state index contributed by atoms with van der Waals surface area (Å²) in [7, 11) is 0. The van der Waals surface area contributed by atoms with Crippen molar-refractivity contribution in [2.24, 2.45) is 0 Å². The van der Waals surface area contributed by atoms with Gasteiger partial charge in [0.1, 0.15) is 0 Å². The van der Waals surface area contributed by atoms with Gasteiger partial charge in [0.05, 0.1) is 17.8 Å². The highest BCUT2D eigenvalue weighted by Gasteiger charge is 2.52. The second kappa shape index (κ2) is 7.88. The number of halogens is 4. The number of rotatable bonds is 2. The molecule has 0 bridgehead atoms. The summed E-state index contributed by atoms with van der Waals surface area (Å²) in [6.07, 6.45) is -4.71. The third kappa shape index (κ3) is 3.97. The van der Waals surface area contributed by atoms with Crippen molar-refractivity contribution in [2.45, 2.75) is 18.3 Å². The maximum atomic E-state index is 13.8. The molecule has 1 amide bonds. The number of amides is 1. The maximum Gasteiger partial charge on any atom is 0.418 e. The highest BCUT2D eigenvalue weighted by Crippen LogP contribution is 2.47. The first-order valence-corrected chi connectivity index (χ1v) is 10.1. The number of benzene rings is 3.